The van der Waals surface area contributed by atoms with Crippen molar-refractivity contribution >= 4 is 23.2 Å². The van der Waals surface area contributed by atoms with Gasteiger partial charge in [-0.15, -0.1) is 0 Å². The fourth-order valence-electron chi connectivity index (χ4n) is 6.89. The Morgan fingerprint density at radius 2 is 1.86 bits per heavy atom. The van der Waals surface area contributed by atoms with Crippen LogP contribution in [-0.4, -0.2) is 50.1 Å². The van der Waals surface area contributed by atoms with E-state index in [1.807, 2.05) is 18.2 Å². The number of carbonyl (C=O) groups excluding carboxylic acids is 1. The van der Waals surface area contributed by atoms with Crippen molar-refractivity contribution in [2.45, 2.75) is 38.5 Å². The van der Waals surface area contributed by atoms with Crippen LogP contribution in [0.4, 0.5) is 5.69 Å². The summed E-state index contributed by atoms with van der Waals surface area (Å²) in [6.45, 7) is 5.85. The van der Waals surface area contributed by atoms with Crippen molar-refractivity contribution in [2.75, 3.05) is 44.2 Å². The van der Waals surface area contributed by atoms with Crippen LogP contribution in [0.25, 0.3) is 0 Å². The Labute approximate surface area is 173 Å². The molecule has 2 unspecified atom stereocenters. The second-order valence-electron chi connectivity index (χ2n) is 9.74. The lowest BCUT2D eigenvalue weighted by atomic mass is 9.73. The minimum Gasteiger partial charge on any atom is -0.369 e. The van der Waals surface area contributed by atoms with Crippen LogP contribution < -0.4 is 10.2 Å². The molecular formula is C23H32ClN3O. The van der Waals surface area contributed by atoms with Gasteiger partial charge in [-0.1, -0.05) is 17.7 Å². The standard InChI is InChI=1S/C23H32ClN3O/c24-20-2-1-3-21(13-20)27-8-6-26(7-9-27)5-4-25-22(28)16-23-14-17-10-18(15-23)12-19(23)11-17/h1-3,13,17-19H,4-12,14-16H2,(H,25,28). The van der Waals surface area contributed by atoms with Crippen molar-refractivity contribution in [1.82, 2.24) is 10.2 Å². The van der Waals surface area contributed by atoms with E-state index < -0.39 is 0 Å². The smallest absolute Gasteiger partial charge is 0.220 e. The highest BCUT2D eigenvalue weighted by Gasteiger charge is 2.57. The number of rotatable bonds is 6. The molecule has 1 aromatic rings. The van der Waals surface area contributed by atoms with Crippen molar-refractivity contribution < 1.29 is 4.79 Å². The van der Waals surface area contributed by atoms with Crippen molar-refractivity contribution in [3.63, 3.8) is 0 Å². The maximum Gasteiger partial charge on any atom is 0.220 e. The number of piperazine rings is 1. The van der Waals surface area contributed by atoms with Crippen LogP contribution in [0.1, 0.15) is 38.5 Å². The van der Waals surface area contributed by atoms with Crippen LogP contribution in [0.5, 0.6) is 0 Å². The number of nitrogens with zero attached hydrogens (tertiary/aromatic N) is 2. The topological polar surface area (TPSA) is 35.6 Å². The van der Waals surface area contributed by atoms with E-state index in [0.29, 0.717) is 11.3 Å². The average Bonchev–Trinajstić information content (AvgIpc) is 3.05. The molecule has 6 rings (SSSR count). The van der Waals surface area contributed by atoms with Gasteiger partial charge in [0, 0.05) is 56.4 Å². The van der Waals surface area contributed by atoms with Crippen LogP contribution in [0.15, 0.2) is 24.3 Å². The zero-order chi connectivity index (χ0) is 19.1. The molecule has 4 aliphatic carbocycles. The van der Waals surface area contributed by atoms with Gasteiger partial charge in [0.1, 0.15) is 0 Å². The first-order valence-corrected chi connectivity index (χ1v) is 11.5. The van der Waals surface area contributed by atoms with Gasteiger partial charge in [0.2, 0.25) is 5.91 Å². The summed E-state index contributed by atoms with van der Waals surface area (Å²) in [4.78, 5) is 17.5. The SMILES string of the molecule is O=C(CC12CC3CC(CC1C3)C2)NCCN1CCN(c2cccc(Cl)c2)CC1. The molecule has 4 bridgehead atoms. The fourth-order valence-corrected chi connectivity index (χ4v) is 7.08. The number of halogens is 1. The Hall–Kier alpha value is -1.26. The van der Waals surface area contributed by atoms with E-state index in [1.165, 1.54) is 37.8 Å². The van der Waals surface area contributed by atoms with Gasteiger partial charge in [0.25, 0.3) is 0 Å². The lowest BCUT2D eigenvalue weighted by Crippen LogP contribution is -2.48. The highest BCUT2D eigenvalue weighted by atomic mass is 35.5. The molecule has 5 fully saturated rings. The zero-order valence-corrected chi connectivity index (χ0v) is 17.5. The van der Waals surface area contributed by atoms with Gasteiger partial charge < -0.3 is 10.2 Å². The number of hydrogen-bond donors (Lipinski definition) is 1. The lowest BCUT2D eigenvalue weighted by molar-refractivity contribution is -0.124. The van der Waals surface area contributed by atoms with Crippen molar-refractivity contribution in [3.05, 3.63) is 29.3 Å². The van der Waals surface area contributed by atoms with Gasteiger partial charge in [0.15, 0.2) is 0 Å². The van der Waals surface area contributed by atoms with Crippen LogP contribution in [0.3, 0.4) is 0 Å². The molecule has 1 aliphatic heterocycles. The summed E-state index contributed by atoms with van der Waals surface area (Å²) in [5.41, 5.74) is 1.58. The molecule has 4 nitrogen and oxygen atoms in total. The first-order valence-electron chi connectivity index (χ1n) is 11.1. The minimum absolute atomic E-state index is 0.297. The molecule has 1 aromatic carbocycles. The fraction of sp³-hybridized carbons (Fsp3) is 0.696. The highest BCUT2D eigenvalue weighted by Crippen LogP contribution is 2.66. The summed E-state index contributed by atoms with van der Waals surface area (Å²) in [5.74, 6) is 3.01. The molecule has 0 spiro atoms. The number of carbonyl (C=O) groups is 1. The molecule has 152 valence electrons. The van der Waals surface area contributed by atoms with Gasteiger partial charge >= 0.3 is 0 Å². The molecular weight excluding hydrogens is 370 g/mol. The molecule has 1 saturated heterocycles. The van der Waals surface area contributed by atoms with Crippen LogP contribution >= 0.6 is 11.6 Å². The van der Waals surface area contributed by atoms with E-state index in [2.05, 4.69) is 21.2 Å². The molecule has 0 radical (unpaired) electrons. The van der Waals surface area contributed by atoms with Crippen molar-refractivity contribution in [3.8, 4) is 0 Å². The van der Waals surface area contributed by atoms with E-state index in [0.717, 1.165) is 68.5 Å². The third kappa shape index (κ3) is 3.66. The van der Waals surface area contributed by atoms with E-state index in [-0.39, 0.29) is 0 Å². The Balaban J connectivity index is 1.04. The third-order valence-electron chi connectivity index (χ3n) is 7.97. The predicted molar refractivity (Wildman–Crippen MR) is 114 cm³/mol. The minimum atomic E-state index is 0.297. The molecule has 5 heteroatoms. The summed E-state index contributed by atoms with van der Waals surface area (Å²) < 4.78 is 0. The van der Waals surface area contributed by atoms with E-state index >= 15 is 0 Å². The van der Waals surface area contributed by atoms with Crippen LogP contribution in [0.2, 0.25) is 5.02 Å². The molecule has 28 heavy (non-hydrogen) atoms. The molecule has 1 heterocycles. The van der Waals surface area contributed by atoms with E-state index in [1.54, 1.807) is 0 Å². The normalized spacial score (nSPS) is 34.2. The summed E-state index contributed by atoms with van der Waals surface area (Å²) in [7, 11) is 0. The van der Waals surface area contributed by atoms with Gasteiger partial charge in [-0.05, 0) is 73.5 Å². The first-order chi connectivity index (χ1) is 13.6. The molecule has 1 N–H and O–H groups in total. The molecule has 2 atom stereocenters. The molecule has 1 amide bonds. The van der Waals surface area contributed by atoms with E-state index in [9.17, 15) is 4.79 Å². The lowest BCUT2D eigenvalue weighted by Gasteiger charge is -2.36. The predicted octanol–water partition coefficient (Wildman–Crippen LogP) is 3.79. The van der Waals surface area contributed by atoms with Gasteiger partial charge in [-0.2, -0.15) is 0 Å². The van der Waals surface area contributed by atoms with Crippen molar-refractivity contribution in [2.24, 2.45) is 23.2 Å². The van der Waals surface area contributed by atoms with E-state index in [4.69, 9.17) is 11.6 Å². The average molecular weight is 402 g/mol. The van der Waals surface area contributed by atoms with Crippen molar-refractivity contribution in [1.29, 1.82) is 0 Å². The number of nitrogens with one attached hydrogen (secondary N) is 1. The summed E-state index contributed by atoms with van der Waals surface area (Å²) >= 11 is 6.12. The number of benzene rings is 1. The number of amides is 1. The first kappa shape index (κ1) is 18.7. The third-order valence-corrected chi connectivity index (χ3v) is 8.20. The largest absolute Gasteiger partial charge is 0.369 e. The van der Waals surface area contributed by atoms with Gasteiger partial charge in [-0.25, -0.2) is 0 Å². The molecule has 4 saturated carbocycles. The Bertz CT molecular complexity index is 716. The second kappa shape index (κ2) is 7.53. The summed E-state index contributed by atoms with van der Waals surface area (Å²) in [5, 5.41) is 4.03. The van der Waals surface area contributed by atoms with Gasteiger partial charge in [-0.3, -0.25) is 9.69 Å². The monoisotopic (exact) mass is 401 g/mol. The second-order valence-corrected chi connectivity index (χ2v) is 10.2. The van der Waals surface area contributed by atoms with Crippen LogP contribution in [0, 0.1) is 23.2 Å². The highest BCUT2D eigenvalue weighted by molar-refractivity contribution is 6.30. The zero-order valence-electron chi connectivity index (χ0n) is 16.7. The Morgan fingerprint density at radius 1 is 1.11 bits per heavy atom. The number of hydrogen-bond acceptors (Lipinski definition) is 3. The van der Waals surface area contributed by atoms with Gasteiger partial charge in [0.05, 0.1) is 0 Å². The quantitative estimate of drug-likeness (QED) is 0.787. The maximum atomic E-state index is 12.6. The Morgan fingerprint density at radius 3 is 2.57 bits per heavy atom. The summed E-state index contributed by atoms with van der Waals surface area (Å²) in [6.07, 6.45) is 7.69. The molecule has 0 aromatic heterocycles. The van der Waals surface area contributed by atoms with Crippen LogP contribution in [-0.2, 0) is 4.79 Å². The summed E-state index contributed by atoms with van der Waals surface area (Å²) in [6, 6.07) is 8.11. The Kier molecular flexibility index (Phi) is 5.04. The molecule has 5 aliphatic rings. The maximum absolute atomic E-state index is 12.6. The number of anilines is 1.